The lowest BCUT2D eigenvalue weighted by molar-refractivity contribution is -0.124. The summed E-state index contributed by atoms with van der Waals surface area (Å²) in [6.07, 6.45) is 0. The average molecular weight is 589 g/mol. The fraction of sp³-hybridized carbons (Fsp3) is 0.389. The fourth-order valence-corrected chi connectivity index (χ4v) is 7.33. The van der Waals surface area contributed by atoms with Crippen LogP contribution in [-0.4, -0.2) is 161 Å². The van der Waals surface area contributed by atoms with Crippen LogP contribution in [-0.2, 0) is 16.6 Å². The van der Waals surface area contributed by atoms with Crippen molar-refractivity contribution < 1.29 is 4.74 Å². The summed E-state index contributed by atoms with van der Waals surface area (Å²) in [6.45, 7) is 0.542. The van der Waals surface area contributed by atoms with Crippen molar-refractivity contribution in [2.75, 3.05) is 5.32 Å². The van der Waals surface area contributed by atoms with Crippen molar-refractivity contribution >= 4 is 161 Å². The van der Waals surface area contributed by atoms with Gasteiger partial charge in [0.15, 0.2) is 19.0 Å². The molecule has 3 heterocycles. The van der Waals surface area contributed by atoms with Gasteiger partial charge in [-0.1, -0.05) is 34.7 Å². The number of fused-ring (bicyclic) bond motifs is 1. The van der Waals surface area contributed by atoms with E-state index in [0.29, 0.717) is 33.7 Å². The van der Waals surface area contributed by atoms with Crippen LogP contribution in [0.4, 0.5) is 5.95 Å². The summed E-state index contributed by atoms with van der Waals surface area (Å²) in [5, 5.41) is 1.90. The number of anilines is 1. The van der Waals surface area contributed by atoms with Gasteiger partial charge in [0, 0.05) is 22.7 Å². The first-order valence-electron chi connectivity index (χ1n) is 14.6. The van der Waals surface area contributed by atoms with Crippen LogP contribution in [0.3, 0.4) is 0 Å². The molecule has 2 aromatic heterocycles. The Bertz CT molecular complexity index is 1580. The number of nitrogens with one attached hydrogen (secondary N) is 2. The molecule has 0 bridgehead atoms. The number of H-pyrrole nitrogens is 1. The number of aromatic amines is 1. The minimum atomic E-state index is -0.602. The number of morpholine rings is 1. The van der Waals surface area contributed by atoms with Gasteiger partial charge in [-0.2, -0.15) is 4.98 Å². The minimum Gasteiger partial charge on any atom is -0.403 e. The molecular weight excluding hydrogens is 555 g/mol. The van der Waals surface area contributed by atoms with Crippen molar-refractivity contribution in [3.63, 3.8) is 0 Å². The highest BCUT2D eigenvalue weighted by molar-refractivity contribution is 6.60. The molecule has 0 spiro atoms. The first-order chi connectivity index (χ1) is 18.9. The molecule has 2 N–H and O–H groups in total. The molecule has 24 heteroatoms. The SMILES string of the molecule is Bc1cc(C(B)(B)Nc2nc3nc(B)n(CC(B)(B)N4C(B)(B)C(B)(B)OC(B)(B)C4(B)B)c3c(=O)[nH]2)cc(Cl)c1Cl. The predicted octanol–water partition coefficient (Wildman–Crippen LogP) is -13.6. The van der Waals surface area contributed by atoms with Gasteiger partial charge >= 0.3 is 0 Å². The van der Waals surface area contributed by atoms with Crippen LogP contribution in [0.15, 0.2) is 16.9 Å². The highest BCUT2D eigenvalue weighted by Crippen LogP contribution is 2.43. The minimum absolute atomic E-state index is 0.249. The molecule has 204 valence electrons. The number of aromatic nitrogens is 4. The molecule has 0 unspecified atom stereocenters. The number of hydrogen-bond donors (Lipinski definition) is 2. The van der Waals surface area contributed by atoms with E-state index in [2.05, 4.69) is 93.7 Å². The largest absolute Gasteiger partial charge is 0.403 e. The maximum absolute atomic E-state index is 13.7. The standard InChI is InChI=1S/C18H34B14Cl2N6O2/c19-5-1-4(2-6(33)7(5)34)14(23,24)38-12-36-9-8(10(41)37-12)39(11(20)35-9)3-13(21,22)40-15(25,26)17(29,30)42-18(31,32)16(40,27)28/h1-2H,3,19-32H2,(H2,36,37,38,41). The number of nitrogens with zero attached hydrogens (tertiary/aromatic N) is 4. The van der Waals surface area contributed by atoms with E-state index in [1.54, 1.807) is 0 Å². The van der Waals surface area contributed by atoms with Gasteiger partial charge in [0.25, 0.3) is 5.56 Å². The van der Waals surface area contributed by atoms with Gasteiger partial charge in [-0.15, -0.1) is 0 Å². The zero-order valence-electron chi connectivity index (χ0n) is 27.7. The van der Waals surface area contributed by atoms with Gasteiger partial charge in [-0.05, 0) is 27.6 Å². The molecule has 0 atom stereocenters. The van der Waals surface area contributed by atoms with Gasteiger partial charge in [0.2, 0.25) is 5.95 Å². The molecule has 0 aliphatic carbocycles. The second-order valence-corrected chi connectivity index (χ2v) is 15.8. The summed E-state index contributed by atoms with van der Waals surface area (Å²) in [4.78, 5) is 28.7. The van der Waals surface area contributed by atoms with Crippen LogP contribution in [0.2, 0.25) is 10.0 Å². The highest BCUT2D eigenvalue weighted by atomic mass is 35.5. The van der Waals surface area contributed by atoms with Crippen molar-refractivity contribution in [1.29, 1.82) is 0 Å². The Hall–Kier alpha value is -1.22. The van der Waals surface area contributed by atoms with E-state index in [4.69, 9.17) is 37.9 Å². The molecule has 1 saturated heterocycles. The average Bonchev–Trinajstić information content (AvgIpc) is 3.08. The number of imidazole rings is 1. The Kier molecular flexibility index (Phi) is 8.35. The summed E-state index contributed by atoms with van der Waals surface area (Å²) >= 11 is 12.7. The van der Waals surface area contributed by atoms with E-state index in [0.717, 1.165) is 16.8 Å². The summed E-state index contributed by atoms with van der Waals surface area (Å²) in [5.74, 6) is 0.337. The van der Waals surface area contributed by atoms with Gasteiger partial charge in [0.1, 0.15) is 102 Å². The van der Waals surface area contributed by atoms with Crippen LogP contribution in [0.25, 0.3) is 11.2 Å². The van der Waals surface area contributed by atoms with E-state index >= 15 is 0 Å². The Balaban J connectivity index is 1.75. The van der Waals surface area contributed by atoms with Crippen LogP contribution in [0.1, 0.15) is 5.56 Å². The fourth-order valence-electron chi connectivity index (χ4n) is 6.96. The molecule has 8 nitrogen and oxygen atoms in total. The van der Waals surface area contributed by atoms with Gasteiger partial charge in [-0.3, -0.25) is 9.78 Å². The molecular formula is C18H34B14Cl2N6O2. The highest BCUT2D eigenvalue weighted by Gasteiger charge is 2.61. The lowest BCUT2D eigenvalue weighted by Gasteiger charge is -2.72. The van der Waals surface area contributed by atoms with E-state index < -0.39 is 16.1 Å². The van der Waals surface area contributed by atoms with E-state index in [-0.39, 0.29) is 21.6 Å². The maximum atomic E-state index is 13.7. The van der Waals surface area contributed by atoms with Gasteiger partial charge < -0.3 is 19.5 Å². The predicted molar refractivity (Wildman–Crippen MR) is 215 cm³/mol. The van der Waals surface area contributed by atoms with Crippen LogP contribution in [0.5, 0.6) is 0 Å². The first-order valence-corrected chi connectivity index (χ1v) is 15.3. The number of halogens is 2. The topological polar surface area (TPSA) is 88.1 Å². The Morgan fingerprint density at radius 1 is 0.929 bits per heavy atom. The third-order valence-corrected chi connectivity index (χ3v) is 10.8. The quantitative estimate of drug-likeness (QED) is 0.278. The lowest BCUT2D eigenvalue weighted by Crippen LogP contribution is -2.89. The van der Waals surface area contributed by atoms with Crippen LogP contribution >= 0.6 is 23.2 Å². The number of benzene rings is 1. The molecule has 1 aromatic carbocycles. The van der Waals surface area contributed by atoms with Crippen molar-refractivity contribution in [1.82, 2.24) is 24.4 Å². The Morgan fingerprint density at radius 3 is 2.00 bits per heavy atom. The molecule has 0 amide bonds. The van der Waals surface area contributed by atoms with Crippen molar-refractivity contribution in [2.45, 2.75) is 38.7 Å². The zero-order chi connectivity index (χ0) is 32.0. The molecule has 42 heavy (non-hydrogen) atoms. The first kappa shape index (κ1) is 33.7. The van der Waals surface area contributed by atoms with Crippen molar-refractivity contribution in [3.8, 4) is 0 Å². The second kappa shape index (κ2) is 10.4. The summed E-state index contributed by atoms with van der Waals surface area (Å²) in [7, 11) is 29.9. The molecule has 1 aliphatic rings. The third kappa shape index (κ3) is 5.45. The lowest BCUT2D eigenvalue weighted by atomic mass is 9.28. The van der Waals surface area contributed by atoms with E-state index in [1.165, 1.54) is 0 Å². The van der Waals surface area contributed by atoms with Gasteiger partial charge in [-0.25, -0.2) is 4.98 Å². The Labute approximate surface area is 271 Å². The smallest absolute Gasteiger partial charge is 0.278 e. The van der Waals surface area contributed by atoms with Crippen LogP contribution in [0, 0.1) is 0 Å². The number of rotatable bonds is 6. The van der Waals surface area contributed by atoms with E-state index in [1.807, 2.05) is 48.1 Å². The Morgan fingerprint density at radius 2 is 1.48 bits per heavy atom. The summed E-state index contributed by atoms with van der Waals surface area (Å²) in [5.41, 5.74) is 3.13. The molecule has 0 saturated carbocycles. The van der Waals surface area contributed by atoms with Crippen molar-refractivity contribution in [3.05, 3.63) is 38.1 Å². The zero-order valence-corrected chi connectivity index (χ0v) is 29.2. The summed E-state index contributed by atoms with van der Waals surface area (Å²) < 4.78 is 8.72. The normalized spacial score (nSPS) is 19.9. The molecule has 1 aliphatic heterocycles. The molecule has 4 rings (SSSR count). The van der Waals surface area contributed by atoms with E-state index in [9.17, 15) is 4.79 Å². The van der Waals surface area contributed by atoms with Gasteiger partial charge in [0.05, 0.1) is 15.8 Å². The maximum Gasteiger partial charge on any atom is 0.278 e. The monoisotopic (exact) mass is 590 g/mol. The summed E-state index contributed by atoms with van der Waals surface area (Å²) in [6, 6.07) is 3.81. The second-order valence-electron chi connectivity index (χ2n) is 15.1. The molecule has 3 aromatic rings. The molecule has 0 radical (unpaired) electrons. The van der Waals surface area contributed by atoms with Crippen molar-refractivity contribution in [2.24, 2.45) is 0 Å². The third-order valence-electron chi connectivity index (χ3n) is 9.89. The van der Waals surface area contributed by atoms with Crippen LogP contribution < -0.4 is 22.1 Å². The number of ether oxygens (including phenoxy) is 1. The molecule has 1 fully saturated rings. The number of hydrogen-bond acceptors (Lipinski definition) is 6.